The number of nitrogens with two attached hydrogens (primary N) is 1. The number of carbonyl (C=O) groups excluding carboxylic acids is 1. The molecule has 1 amide bonds. The molecule has 0 saturated heterocycles. The Balaban J connectivity index is 1.91. The first-order valence-electron chi connectivity index (χ1n) is 7.65. The van der Waals surface area contributed by atoms with Gasteiger partial charge in [-0.15, -0.1) is 0 Å². The summed E-state index contributed by atoms with van der Waals surface area (Å²) < 4.78 is 0. The maximum Gasteiger partial charge on any atom is 0.235 e. The van der Waals surface area contributed by atoms with Gasteiger partial charge in [-0.1, -0.05) is 59.6 Å². The van der Waals surface area contributed by atoms with Gasteiger partial charge in [0.15, 0.2) is 0 Å². The van der Waals surface area contributed by atoms with Gasteiger partial charge in [0.05, 0.1) is 16.1 Å². The van der Waals surface area contributed by atoms with Gasteiger partial charge < -0.3 is 16.0 Å². The van der Waals surface area contributed by atoms with E-state index < -0.39 is 6.04 Å². The molecule has 128 valence electrons. The molecule has 2 aromatic carbocycles. The monoisotopic (exact) mass is 365 g/mol. The van der Waals surface area contributed by atoms with Crippen molar-refractivity contribution in [1.29, 1.82) is 0 Å². The summed E-state index contributed by atoms with van der Waals surface area (Å²) in [5, 5.41) is 4.26. The molecule has 0 radical (unpaired) electrons. The number of hydrogen-bond donors (Lipinski definition) is 2. The average molecular weight is 366 g/mol. The van der Waals surface area contributed by atoms with E-state index in [-0.39, 0.29) is 5.91 Å². The Labute approximate surface area is 152 Å². The number of halogens is 2. The highest BCUT2D eigenvalue weighted by atomic mass is 35.5. The number of nitrogens with one attached hydrogen (secondary N) is 1. The van der Waals surface area contributed by atoms with Crippen LogP contribution >= 0.6 is 23.2 Å². The van der Waals surface area contributed by atoms with Crippen LogP contribution in [0.15, 0.2) is 48.5 Å². The van der Waals surface area contributed by atoms with Gasteiger partial charge in [0.1, 0.15) is 0 Å². The Morgan fingerprint density at radius 3 is 2.46 bits per heavy atom. The molecule has 0 saturated carbocycles. The SMILES string of the molecule is CN(Cc1ccc(Cl)c(Cl)c1)CC(NCc1ccccc1)C(N)=O. The van der Waals surface area contributed by atoms with Crippen molar-refractivity contribution in [3.05, 3.63) is 69.7 Å². The fraction of sp³-hybridized carbons (Fsp3) is 0.278. The lowest BCUT2D eigenvalue weighted by molar-refractivity contribution is -0.120. The summed E-state index contributed by atoms with van der Waals surface area (Å²) in [6.07, 6.45) is 0. The zero-order valence-electron chi connectivity index (χ0n) is 13.5. The first-order valence-corrected chi connectivity index (χ1v) is 8.40. The molecule has 1 unspecified atom stereocenters. The van der Waals surface area contributed by atoms with Gasteiger partial charge >= 0.3 is 0 Å². The number of hydrogen-bond acceptors (Lipinski definition) is 3. The number of likely N-dealkylation sites (N-methyl/N-ethyl adjacent to an activating group) is 1. The van der Waals surface area contributed by atoms with Crippen molar-refractivity contribution < 1.29 is 4.79 Å². The minimum Gasteiger partial charge on any atom is -0.368 e. The van der Waals surface area contributed by atoms with Crippen molar-refractivity contribution >= 4 is 29.1 Å². The molecule has 1 atom stereocenters. The highest BCUT2D eigenvalue weighted by Gasteiger charge is 2.17. The molecular weight excluding hydrogens is 345 g/mol. The van der Waals surface area contributed by atoms with E-state index in [1.54, 1.807) is 6.07 Å². The van der Waals surface area contributed by atoms with Crippen LogP contribution in [0.3, 0.4) is 0 Å². The van der Waals surface area contributed by atoms with Crippen LogP contribution in [0.2, 0.25) is 10.0 Å². The van der Waals surface area contributed by atoms with E-state index in [9.17, 15) is 4.79 Å². The van der Waals surface area contributed by atoms with Crippen molar-refractivity contribution in [2.75, 3.05) is 13.6 Å². The van der Waals surface area contributed by atoms with Gasteiger partial charge in [0.25, 0.3) is 0 Å². The largest absolute Gasteiger partial charge is 0.368 e. The van der Waals surface area contributed by atoms with E-state index in [0.29, 0.717) is 29.7 Å². The number of benzene rings is 2. The van der Waals surface area contributed by atoms with Crippen molar-refractivity contribution in [2.45, 2.75) is 19.1 Å². The molecule has 0 aliphatic carbocycles. The highest BCUT2D eigenvalue weighted by Crippen LogP contribution is 2.23. The predicted octanol–water partition coefficient (Wildman–Crippen LogP) is 3.07. The minimum atomic E-state index is -0.432. The number of rotatable bonds is 8. The Morgan fingerprint density at radius 2 is 1.83 bits per heavy atom. The molecule has 2 aromatic rings. The summed E-state index contributed by atoms with van der Waals surface area (Å²) in [4.78, 5) is 13.7. The minimum absolute atomic E-state index is 0.369. The van der Waals surface area contributed by atoms with Crippen LogP contribution in [0.1, 0.15) is 11.1 Å². The van der Waals surface area contributed by atoms with Gasteiger partial charge in [-0.05, 0) is 30.3 Å². The lowest BCUT2D eigenvalue weighted by Gasteiger charge is -2.23. The standard InChI is InChI=1S/C18H21Cl2N3O/c1-23(11-14-7-8-15(19)16(20)9-14)12-17(18(21)24)22-10-13-5-3-2-4-6-13/h2-9,17,22H,10-12H2,1H3,(H2,21,24). The van der Waals surface area contributed by atoms with E-state index >= 15 is 0 Å². The topological polar surface area (TPSA) is 58.4 Å². The smallest absolute Gasteiger partial charge is 0.235 e. The third-order valence-corrected chi connectivity index (χ3v) is 4.41. The second-order valence-corrected chi connectivity index (χ2v) is 6.58. The third kappa shape index (κ3) is 5.80. The quantitative estimate of drug-likeness (QED) is 0.755. The molecule has 0 aliphatic heterocycles. The maximum atomic E-state index is 11.7. The third-order valence-electron chi connectivity index (χ3n) is 3.67. The van der Waals surface area contributed by atoms with Gasteiger partial charge in [0, 0.05) is 19.6 Å². The molecule has 4 nitrogen and oxygen atoms in total. The van der Waals surface area contributed by atoms with Crippen LogP contribution in [-0.4, -0.2) is 30.4 Å². The maximum absolute atomic E-state index is 11.7. The van der Waals surface area contributed by atoms with Crippen molar-refractivity contribution in [3.8, 4) is 0 Å². The van der Waals surface area contributed by atoms with Crippen LogP contribution in [0.25, 0.3) is 0 Å². The van der Waals surface area contributed by atoms with E-state index in [0.717, 1.165) is 11.1 Å². The summed E-state index contributed by atoms with van der Waals surface area (Å²) in [7, 11) is 1.93. The van der Waals surface area contributed by atoms with Gasteiger partial charge in [-0.2, -0.15) is 0 Å². The molecule has 0 fully saturated rings. The van der Waals surface area contributed by atoms with Crippen molar-refractivity contribution in [1.82, 2.24) is 10.2 Å². The first-order chi connectivity index (χ1) is 11.5. The number of nitrogens with zero attached hydrogens (tertiary/aromatic N) is 1. The second-order valence-electron chi connectivity index (χ2n) is 5.77. The Hall–Kier alpha value is -1.59. The van der Waals surface area contributed by atoms with Crippen molar-refractivity contribution in [3.63, 3.8) is 0 Å². The lowest BCUT2D eigenvalue weighted by Crippen LogP contribution is -2.47. The molecular formula is C18H21Cl2N3O. The predicted molar refractivity (Wildman–Crippen MR) is 99.1 cm³/mol. The Morgan fingerprint density at radius 1 is 1.12 bits per heavy atom. The molecule has 0 bridgehead atoms. The van der Waals surface area contributed by atoms with Gasteiger partial charge in [-0.3, -0.25) is 4.79 Å². The van der Waals surface area contributed by atoms with Crippen LogP contribution in [0.4, 0.5) is 0 Å². The van der Waals surface area contributed by atoms with Gasteiger partial charge in [0.2, 0.25) is 5.91 Å². The first kappa shape index (κ1) is 18.7. The fourth-order valence-electron chi connectivity index (χ4n) is 2.42. The van der Waals surface area contributed by atoms with Crippen LogP contribution in [0, 0.1) is 0 Å². The lowest BCUT2D eigenvalue weighted by atomic mass is 10.1. The van der Waals surface area contributed by atoms with Gasteiger partial charge in [-0.25, -0.2) is 0 Å². The molecule has 0 aromatic heterocycles. The summed E-state index contributed by atoms with van der Waals surface area (Å²) >= 11 is 12.0. The molecule has 24 heavy (non-hydrogen) atoms. The van der Waals surface area contributed by atoms with Crippen LogP contribution in [-0.2, 0) is 17.9 Å². The highest BCUT2D eigenvalue weighted by molar-refractivity contribution is 6.42. The molecule has 3 N–H and O–H groups in total. The van der Waals surface area contributed by atoms with E-state index in [4.69, 9.17) is 28.9 Å². The average Bonchev–Trinajstić information content (AvgIpc) is 2.55. The fourth-order valence-corrected chi connectivity index (χ4v) is 2.74. The molecule has 2 rings (SSSR count). The summed E-state index contributed by atoms with van der Waals surface area (Å²) in [5.41, 5.74) is 7.65. The van der Waals surface area contributed by atoms with E-state index in [2.05, 4.69) is 5.32 Å². The number of carbonyl (C=O) groups is 1. The van der Waals surface area contributed by atoms with Crippen molar-refractivity contribution in [2.24, 2.45) is 5.73 Å². The Kier molecular flexibility index (Phi) is 7.06. The normalized spacial score (nSPS) is 12.3. The summed E-state index contributed by atoms with van der Waals surface area (Å²) in [6, 6.07) is 15.0. The molecule has 0 spiro atoms. The van der Waals surface area contributed by atoms with E-state index in [1.165, 1.54) is 0 Å². The molecule has 0 aliphatic rings. The Bertz CT molecular complexity index is 679. The second kappa shape index (κ2) is 9.04. The molecule has 6 heteroatoms. The van der Waals surface area contributed by atoms with Crippen LogP contribution < -0.4 is 11.1 Å². The van der Waals surface area contributed by atoms with Crippen LogP contribution in [0.5, 0.6) is 0 Å². The zero-order valence-corrected chi connectivity index (χ0v) is 15.0. The van der Waals surface area contributed by atoms with E-state index in [1.807, 2.05) is 54.4 Å². The number of amides is 1. The summed E-state index contributed by atoms with van der Waals surface area (Å²) in [5.74, 6) is -0.369. The number of primary amides is 1. The zero-order chi connectivity index (χ0) is 17.5. The summed E-state index contributed by atoms with van der Waals surface area (Å²) in [6.45, 7) is 1.74. The molecule has 0 heterocycles.